The van der Waals surface area contributed by atoms with Crippen molar-refractivity contribution in [2.24, 2.45) is 0 Å². The Morgan fingerprint density at radius 1 is 1.25 bits per heavy atom. The lowest BCUT2D eigenvalue weighted by Crippen LogP contribution is -2.17. The molecular weight excluding hydrogens is 387 g/mol. The first-order chi connectivity index (χ1) is 13.3. The molecule has 2 heterocycles. The first-order valence-corrected chi connectivity index (χ1v) is 8.90. The third kappa shape index (κ3) is 3.99. The Bertz CT molecular complexity index is 1030. The maximum Gasteiger partial charge on any atom is 0.310 e. The van der Waals surface area contributed by atoms with Crippen molar-refractivity contribution in [1.82, 2.24) is 9.72 Å². The lowest BCUT2D eigenvalue weighted by atomic mass is 10.1. The molecule has 0 unspecified atom stereocenters. The molecule has 0 amide bonds. The number of rotatable bonds is 6. The van der Waals surface area contributed by atoms with Gasteiger partial charge in [0.1, 0.15) is 11.6 Å². The van der Waals surface area contributed by atoms with Gasteiger partial charge >= 0.3 is 5.97 Å². The molecule has 146 valence electrons. The first kappa shape index (κ1) is 19.8. The summed E-state index contributed by atoms with van der Waals surface area (Å²) in [6, 6.07) is 7.59. The van der Waals surface area contributed by atoms with E-state index in [1.54, 1.807) is 30.5 Å². The number of carbonyl (C=O) groups is 2. The number of Topliss-reactive ketones (excluding diaryl/α,β-unsaturated/α-hetero) is 1. The molecular formula is C20H18ClFN2O4. The van der Waals surface area contributed by atoms with Gasteiger partial charge in [-0.3, -0.25) is 14.2 Å². The van der Waals surface area contributed by atoms with Gasteiger partial charge in [0.15, 0.2) is 12.4 Å². The highest BCUT2D eigenvalue weighted by Crippen LogP contribution is 2.22. The Morgan fingerprint density at radius 2 is 2.00 bits per heavy atom. The van der Waals surface area contributed by atoms with Crippen molar-refractivity contribution in [1.29, 1.82) is 0 Å². The average Bonchev–Trinajstić information content (AvgIpc) is 3.18. The van der Waals surface area contributed by atoms with E-state index in [1.165, 1.54) is 18.2 Å². The van der Waals surface area contributed by atoms with Crippen LogP contribution in [0, 0.1) is 26.6 Å². The molecule has 3 aromatic rings. The van der Waals surface area contributed by atoms with Gasteiger partial charge in [0.05, 0.1) is 6.42 Å². The smallest absolute Gasteiger partial charge is 0.310 e. The van der Waals surface area contributed by atoms with Gasteiger partial charge in [-0.15, -0.1) is 0 Å². The van der Waals surface area contributed by atoms with Crippen LogP contribution < -0.4 is 0 Å². The number of esters is 1. The Labute approximate surface area is 165 Å². The van der Waals surface area contributed by atoms with E-state index in [9.17, 15) is 14.0 Å². The zero-order valence-electron chi connectivity index (χ0n) is 15.6. The van der Waals surface area contributed by atoms with Crippen molar-refractivity contribution in [2.45, 2.75) is 27.2 Å². The third-order valence-corrected chi connectivity index (χ3v) is 4.68. The molecule has 0 aliphatic heterocycles. The maximum atomic E-state index is 13.8. The molecule has 2 aromatic heterocycles. The van der Waals surface area contributed by atoms with E-state index in [0.29, 0.717) is 22.8 Å². The van der Waals surface area contributed by atoms with Crippen molar-refractivity contribution >= 4 is 23.4 Å². The summed E-state index contributed by atoms with van der Waals surface area (Å²) < 4.78 is 25.7. The number of hydrogen-bond acceptors (Lipinski definition) is 5. The Morgan fingerprint density at radius 3 is 2.64 bits per heavy atom. The van der Waals surface area contributed by atoms with Crippen LogP contribution in [0.15, 0.2) is 34.9 Å². The largest absolute Gasteiger partial charge is 0.457 e. The summed E-state index contributed by atoms with van der Waals surface area (Å²) in [4.78, 5) is 24.5. The summed E-state index contributed by atoms with van der Waals surface area (Å²) >= 11 is 5.90. The standard InChI is InChI=1S/C20H18ClFN2O4/c1-11-7-14(13(3)24(11)19-8-12(2)28-23-19)18(25)10-27-20(26)9-15-16(21)5-4-6-17(15)22/h4-8H,9-10H2,1-3H3. The number of aryl methyl sites for hydroxylation is 2. The minimum absolute atomic E-state index is 0.0428. The summed E-state index contributed by atoms with van der Waals surface area (Å²) in [5.41, 5.74) is 1.90. The van der Waals surface area contributed by atoms with E-state index >= 15 is 0 Å². The monoisotopic (exact) mass is 404 g/mol. The van der Waals surface area contributed by atoms with E-state index in [2.05, 4.69) is 5.16 Å². The number of ether oxygens (including phenoxy) is 1. The van der Waals surface area contributed by atoms with Crippen LogP contribution in [-0.4, -0.2) is 28.1 Å². The summed E-state index contributed by atoms with van der Waals surface area (Å²) in [5.74, 6) is -0.482. The fourth-order valence-corrected chi connectivity index (χ4v) is 3.21. The molecule has 1 aromatic carbocycles. The van der Waals surface area contributed by atoms with Crippen molar-refractivity contribution in [2.75, 3.05) is 6.61 Å². The van der Waals surface area contributed by atoms with E-state index in [1.807, 2.05) is 6.92 Å². The molecule has 0 aliphatic rings. The Balaban J connectivity index is 1.69. The first-order valence-electron chi connectivity index (χ1n) is 8.52. The number of benzene rings is 1. The lowest BCUT2D eigenvalue weighted by molar-refractivity contribution is -0.141. The van der Waals surface area contributed by atoms with Crippen LogP contribution in [-0.2, 0) is 16.0 Å². The van der Waals surface area contributed by atoms with Gasteiger partial charge in [0.2, 0.25) is 5.78 Å². The predicted molar refractivity (Wildman–Crippen MR) is 100 cm³/mol. The van der Waals surface area contributed by atoms with E-state index < -0.39 is 18.4 Å². The summed E-state index contributed by atoms with van der Waals surface area (Å²) in [6.45, 7) is 4.93. The summed E-state index contributed by atoms with van der Waals surface area (Å²) in [6.07, 6.45) is -0.351. The molecule has 0 aliphatic carbocycles. The second-order valence-electron chi connectivity index (χ2n) is 6.38. The van der Waals surface area contributed by atoms with Crippen molar-refractivity contribution in [3.8, 4) is 5.82 Å². The lowest BCUT2D eigenvalue weighted by Gasteiger charge is -2.07. The van der Waals surface area contributed by atoms with Gasteiger partial charge in [-0.25, -0.2) is 4.39 Å². The van der Waals surface area contributed by atoms with Crippen LogP contribution >= 0.6 is 11.6 Å². The van der Waals surface area contributed by atoms with Crippen LogP contribution in [0.25, 0.3) is 5.82 Å². The molecule has 3 rings (SSSR count). The zero-order chi connectivity index (χ0) is 20.4. The second kappa shape index (κ2) is 7.98. The highest BCUT2D eigenvalue weighted by atomic mass is 35.5. The molecule has 0 bridgehead atoms. The summed E-state index contributed by atoms with van der Waals surface area (Å²) in [7, 11) is 0. The van der Waals surface area contributed by atoms with Gasteiger partial charge in [0.25, 0.3) is 0 Å². The predicted octanol–water partition coefficient (Wildman–Crippen LogP) is 4.15. The number of carbonyl (C=O) groups excluding carboxylic acids is 2. The highest BCUT2D eigenvalue weighted by molar-refractivity contribution is 6.31. The molecule has 8 heteroatoms. The Hall–Kier alpha value is -2.93. The molecule has 0 atom stereocenters. The maximum absolute atomic E-state index is 13.8. The summed E-state index contributed by atoms with van der Waals surface area (Å²) in [5, 5.41) is 4.10. The average molecular weight is 405 g/mol. The van der Waals surface area contributed by atoms with Gasteiger partial charge in [-0.05, 0) is 39.0 Å². The third-order valence-electron chi connectivity index (χ3n) is 4.32. The van der Waals surface area contributed by atoms with Crippen molar-refractivity contribution < 1.29 is 23.2 Å². The molecule has 6 nitrogen and oxygen atoms in total. The number of nitrogens with zero attached hydrogens (tertiary/aromatic N) is 2. The van der Waals surface area contributed by atoms with Gasteiger partial charge in [0, 0.05) is 33.6 Å². The number of halogens is 2. The van der Waals surface area contributed by atoms with Crippen LogP contribution in [0.4, 0.5) is 4.39 Å². The fraction of sp³-hybridized carbons (Fsp3) is 0.250. The molecule has 0 fully saturated rings. The van der Waals surface area contributed by atoms with E-state index in [0.717, 1.165) is 5.69 Å². The van der Waals surface area contributed by atoms with Crippen molar-refractivity contribution in [3.63, 3.8) is 0 Å². The SMILES string of the molecule is Cc1cc(-n2c(C)cc(C(=O)COC(=O)Cc3c(F)cccc3Cl)c2C)no1. The highest BCUT2D eigenvalue weighted by Gasteiger charge is 2.20. The van der Waals surface area contributed by atoms with E-state index in [-0.39, 0.29) is 22.8 Å². The normalized spacial score (nSPS) is 10.9. The molecule has 0 spiro atoms. The van der Waals surface area contributed by atoms with Crippen molar-refractivity contribution in [3.05, 3.63) is 69.4 Å². The molecule has 0 saturated carbocycles. The molecule has 0 radical (unpaired) electrons. The minimum atomic E-state index is -0.735. The van der Waals surface area contributed by atoms with Crippen LogP contribution in [0.1, 0.15) is 33.1 Å². The fourth-order valence-electron chi connectivity index (χ4n) is 2.98. The van der Waals surface area contributed by atoms with Crippen LogP contribution in [0.5, 0.6) is 0 Å². The van der Waals surface area contributed by atoms with Crippen LogP contribution in [0.3, 0.4) is 0 Å². The minimum Gasteiger partial charge on any atom is -0.457 e. The topological polar surface area (TPSA) is 74.3 Å². The second-order valence-corrected chi connectivity index (χ2v) is 6.78. The zero-order valence-corrected chi connectivity index (χ0v) is 16.3. The molecule has 0 N–H and O–H groups in total. The Kier molecular flexibility index (Phi) is 5.65. The van der Waals surface area contributed by atoms with Gasteiger partial charge in [-0.1, -0.05) is 22.8 Å². The van der Waals surface area contributed by atoms with Gasteiger partial charge in [-0.2, -0.15) is 0 Å². The van der Waals surface area contributed by atoms with Crippen LogP contribution in [0.2, 0.25) is 5.02 Å². The van der Waals surface area contributed by atoms with E-state index in [4.69, 9.17) is 20.9 Å². The number of aromatic nitrogens is 2. The molecule has 28 heavy (non-hydrogen) atoms. The van der Waals surface area contributed by atoms with Gasteiger partial charge < -0.3 is 9.26 Å². The number of hydrogen-bond donors (Lipinski definition) is 0. The number of ketones is 1. The molecule has 0 saturated heterocycles. The quantitative estimate of drug-likeness (QED) is 0.455.